The molecule has 0 aromatic heterocycles. The van der Waals surface area contributed by atoms with Gasteiger partial charge in [0, 0.05) is 31.5 Å². The third kappa shape index (κ3) is 15.4. The number of nitrogens with zero attached hydrogens (tertiary/aromatic N) is 1. The molecular weight excluding hydrogens is 665 g/mol. The molecule has 290 valence electrons. The first-order chi connectivity index (χ1) is 25.9. The number of aliphatic carboxylic acids is 1. The summed E-state index contributed by atoms with van der Waals surface area (Å²) >= 11 is 0. The van der Waals surface area contributed by atoms with Gasteiger partial charge in [-0.1, -0.05) is 139 Å². The lowest BCUT2D eigenvalue weighted by Crippen LogP contribution is -2.40. The Bertz CT molecular complexity index is 1480. The van der Waals surface area contributed by atoms with E-state index in [2.05, 4.69) is 60.5 Å². The third-order valence-corrected chi connectivity index (χ3v) is 10.2. The number of unbranched alkanes of at least 4 members (excludes halogenated alkanes) is 10. The fourth-order valence-corrected chi connectivity index (χ4v) is 7.08. The van der Waals surface area contributed by atoms with Crippen LogP contribution in [0, 0.1) is 0 Å². The zero-order chi connectivity index (χ0) is 37.7. The molecule has 8 heteroatoms. The maximum Gasteiger partial charge on any atom is 0.303 e. The van der Waals surface area contributed by atoms with Gasteiger partial charge in [-0.3, -0.25) is 9.59 Å². The van der Waals surface area contributed by atoms with E-state index in [1.807, 2.05) is 36.4 Å². The Labute approximate surface area is 318 Å². The van der Waals surface area contributed by atoms with Crippen LogP contribution in [0.4, 0.5) is 0 Å². The summed E-state index contributed by atoms with van der Waals surface area (Å²) in [6, 6.07) is 24.4. The van der Waals surface area contributed by atoms with Crippen molar-refractivity contribution in [1.29, 1.82) is 0 Å². The van der Waals surface area contributed by atoms with Gasteiger partial charge in [0.2, 0.25) is 5.91 Å². The van der Waals surface area contributed by atoms with Crippen LogP contribution in [-0.2, 0) is 32.2 Å². The van der Waals surface area contributed by atoms with Crippen LogP contribution in [0.2, 0.25) is 0 Å². The molecule has 0 saturated carbocycles. The van der Waals surface area contributed by atoms with Gasteiger partial charge in [0.15, 0.2) is 6.29 Å². The van der Waals surface area contributed by atoms with Crippen molar-refractivity contribution in [2.24, 2.45) is 0 Å². The molecule has 1 aliphatic heterocycles. The van der Waals surface area contributed by atoms with Gasteiger partial charge in [-0.15, -0.1) is 0 Å². The van der Waals surface area contributed by atoms with Crippen molar-refractivity contribution in [3.63, 3.8) is 0 Å². The van der Waals surface area contributed by atoms with Gasteiger partial charge >= 0.3 is 5.97 Å². The highest BCUT2D eigenvalue weighted by atomic mass is 16.7. The molecule has 3 N–H and O–H groups in total. The number of aliphatic hydroxyl groups is 1. The maximum atomic E-state index is 12.1. The number of rotatable bonds is 25. The van der Waals surface area contributed by atoms with Crippen molar-refractivity contribution in [2.45, 2.75) is 142 Å². The quantitative estimate of drug-likeness (QED) is 0.0746. The van der Waals surface area contributed by atoms with E-state index in [0.29, 0.717) is 6.54 Å². The van der Waals surface area contributed by atoms with Crippen LogP contribution >= 0.6 is 0 Å². The topological polar surface area (TPSA) is 108 Å². The monoisotopic (exact) mass is 728 g/mol. The van der Waals surface area contributed by atoms with Crippen LogP contribution in [0.3, 0.4) is 0 Å². The van der Waals surface area contributed by atoms with Crippen LogP contribution in [0.5, 0.6) is 0 Å². The van der Waals surface area contributed by atoms with E-state index >= 15 is 0 Å². The van der Waals surface area contributed by atoms with E-state index in [1.54, 1.807) is 0 Å². The maximum absolute atomic E-state index is 12.1. The Kier molecular flexibility index (Phi) is 19.1. The highest BCUT2D eigenvalue weighted by molar-refractivity contribution is 5.80. The molecule has 53 heavy (non-hydrogen) atoms. The number of ether oxygens (including phenoxy) is 2. The zero-order valence-corrected chi connectivity index (χ0v) is 32.3. The summed E-state index contributed by atoms with van der Waals surface area (Å²) in [5, 5.41) is 21.4. The van der Waals surface area contributed by atoms with E-state index in [9.17, 15) is 14.7 Å². The second-order valence-corrected chi connectivity index (χ2v) is 14.7. The summed E-state index contributed by atoms with van der Waals surface area (Å²) in [4.78, 5) is 25.6. The Morgan fingerprint density at radius 1 is 0.717 bits per heavy atom. The molecule has 3 aromatic rings. The van der Waals surface area contributed by atoms with Crippen LogP contribution < -0.4 is 5.32 Å². The van der Waals surface area contributed by atoms with Crippen LogP contribution in [0.15, 0.2) is 72.8 Å². The normalized spacial score (nSPS) is 17.2. The molecule has 8 nitrogen and oxygen atoms in total. The van der Waals surface area contributed by atoms with E-state index in [0.717, 1.165) is 59.4 Å². The summed E-state index contributed by atoms with van der Waals surface area (Å²) in [7, 11) is 0. The molecule has 0 spiro atoms. The molecule has 3 atom stereocenters. The van der Waals surface area contributed by atoms with E-state index < -0.39 is 12.3 Å². The molecule has 1 saturated heterocycles. The average Bonchev–Trinajstić information content (AvgIpc) is 3.18. The SMILES string of the molecule is CCCCCCCCN(CCCCCCCC)C[C@@H]1C[C@H](c2ccc(CO)cc2)O[C@H](c2cccc(-c3cccc(CNC(=O)CCC(=O)O)c3)c2)O1. The summed E-state index contributed by atoms with van der Waals surface area (Å²) < 4.78 is 13.6. The predicted octanol–water partition coefficient (Wildman–Crippen LogP) is 9.90. The number of carboxylic acid groups (broad SMARTS) is 1. The Morgan fingerprint density at radius 3 is 1.98 bits per heavy atom. The van der Waals surface area contributed by atoms with Crippen molar-refractivity contribution in [2.75, 3.05) is 19.6 Å². The molecule has 1 aliphatic rings. The molecule has 0 unspecified atom stereocenters. The van der Waals surface area contributed by atoms with E-state index in [-0.39, 0.29) is 37.6 Å². The Morgan fingerprint density at radius 2 is 1.34 bits per heavy atom. The van der Waals surface area contributed by atoms with Crippen molar-refractivity contribution in [3.05, 3.63) is 95.1 Å². The van der Waals surface area contributed by atoms with E-state index in [1.165, 1.54) is 77.0 Å². The lowest BCUT2D eigenvalue weighted by molar-refractivity contribution is -0.253. The summed E-state index contributed by atoms with van der Waals surface area (Å²) in [5.41, 5.74) is 5.89. The van der Waals surface area contributed by atoms with Gasteiger partial charge < -0.3 is 29.9 Å². The Hall–Kier alpha value is -3.56. The number of carbonyl (C=O) groups is 2. The zero-order valence-electron chi connectivity index (χ0n) is 32.3. The van der Waals surface area contributed by atoms with Crippen molar-refractivity contribution in [3.8, 4) is 11.1 Å². The minimum Gasteiger partial charge on any atom is -0.481 e. The van der Waals surface area contributed by atoms with Gasteiger partial charge in [0.25, 0.3) is 0 Å². The second kappa shape index (κ2) is 24.0. The van der Waals surface area contributed by atoms with Gasteiger partial charge in [0.1, 0.15) is 0 Å². The molecule has 3 aromatic carbocycles. The first kappa shape index (κ1) is 42.2. The second-order valence-electron chi connectivity index (χ2n) is 14.7. The number of hydrogen-bond donors (Lipinski definition) is 3. The summed E-state index contributed by atoms with van der Waals surface area (Å²) in [6.45, 7) is 7.93. The molecule has 1 amide bonds. The summed E-state index contributed by atoms with van der Waals surface area (Å²) in [6.07, 6.45) is 15.2. The van der Waals surface area contributed by atoms with Gasteiger partial charge in [-0.05, 0) is 65.9 Å². The molecule has 0 radical (unpaired) electrons. The fourth-order valence-electron chi connectivity index (χ4n) is 7.08. The summed E-state index contributed by atoms with van der Waals surface area (Å²) in [5.74, 6) is -1.26. The largest absolute Gasteiger partial charge is 0.481 e. The minimum atomic E-state index is -0.983. The molecule has 4 rings (SSSR count). The van der Waals surface area contributed by atoms with E-state index in [4.69, 9.17) is 14.6 Å². The lowest BCUT2D eigenvalue weighted by atomic mass is 9.98. The highest BCUT2D eigenvalue weighted by Gasteiger charge is 2.33. The smallest absolute Gasteiger partial charge is 0.303 e. The van der Waals surface area contributed by atoms with Crippen molar-refractivity contribution in [1.82, 2.24) is 10.2 Å². The number of carbonyl (C=O) groups excluding carboxylic acids is 1. The Balaban J connectivity index is 1.50. The van der Waals surface area contributed by atoms with Crippen LogP contribution in [0.25, 0.3) is 11.1 Å². The number of hydrogen-bond acceptors (Lipinski definition) is 6. The number of amides is 1. The lowest BCUT2D eigenvalue weighted by Gasteiger charge is -2.38. The van der Waals surface area contributed by atoms with Crippen molar-refractivity contribution < 1.29 is 29.3 Å². The highest BCUT2D eigenvalue weighted by Crippen LogP contribution is 2.39. The number of nitrogens with one attached hydrogen (secondary N) is 1. The van der Waals surface area contributed by atoms with Crippen LogP contribution in [0.1, 0.15) is 145 Å². The molecule has 0 bridgehead atoms. The number of carboxylic acids is 1. The third-order valence-electron chi connectivity index (χ3n) is 10.2. The van der Waals surface area contributed by atoms with Crippen LogP contribution in [-0.4, -0.2) is 52.7 Å². The predicted molar refractivity (Wildman–Crippen MR) is 212 cm³/mol. The van der Waals surface area contributed by atoms with Gasteiger partial charge in [-0.2, -0.15) is 0 Å². The fraction of sp³-hybridized carbons (Fsp3) is 0.556. The van der Waals surface area contributed by atoms with Gasteiger partial charge in [-0.25, -0.2) is 0 Å². The first-order valence-corrected chi connectivity index (χ1v) is 20.3. The number of aliphatic hydroxyl groups excluding tert-OH is 1. The molecular formula is C45H64N2O6. The van der Waals surface area contributed by atoms with Crippen molar-refractivity contribution >= 4 is 11.9 Å². The molecule has 0 aliphatic carbocycles. The average molecular weight is 729 g/mol. The standard InChI is InChI=1S/C45H64N2O6/c1-3-5-7-9-11-13-27-47(28-14-12-10-8-6-4-2)33-41-31-42(37-23-21-35(34-48)22-24-37)53-45(52-41)40-20-16-19-39(30-40)38-18-15-17-36(29-38)32-46-43(49)25-26-44(50)51/h15-24,29-30,41-42,45,48H,3-14,25-28,31-34H2,1-2H3,(H,46,49)(H,50,51)/t41-,42+,45+/m0/s1. The minimum absolute atomic E-state index is 0.00632. The van der Waals surface area contributed by atoms with Gasteiger partial charge in [0.05, 0.1) is 25.2 Å². The number of benzene rings is 3. The molecule has 1 heterocycles. The first-order valence-electron chi connectivity index (χ1n) is 20.3. The molecule has 1 fully saturated rings.